The van der Waals surface area contributed by atoms with Gasteiger partial charge in [0.05, 0.1) is 17.5 Å². The number of phenols is 1. The van der Waals surface area contributed by atoms with Crippen molar-refractivity contribution in [2.75, 3.05) is 30.0 Å². The van der Waals surface area contributed by atoms with Crippen molar-refractivity contribution >= 4 is 17.8 Å². The molecule has 1 atom stereocenters. The normalized spacial score (nSPS) is 11.7. The average molecular weight is 436 g/mol. The lowest BCUT2D eigenvalue weighted by Gasteiger charge is -2.17. The van der Waals surface area contributed by atoms with Crippen LogP contribution in [-0.2, 0) is 17.6 Å². The van der Waals surface area contributed by atoms with Crippen molar-refractivity contribution in [3.63, 3.8) is 0 Å². The molecular weight excluding hydrogens is 406 g/mol. The van der Waals surface area contributed by atoms with E-state index in [1.165, 1.54) is 16.7 Å². The molecule has 0 saturated heterocycles. The highest BCUT2D eigenvalue weighted by Gasteiger charge is 2.10. The monoisotopic (exact) mass is 435 g/mol. The van der Waals surface area contributed by atoms with Gasteiger partial charge in [0.15, 0.2) is 0 Å². The topological polar surface area (TPSA) is 105 Å². The number of carbonyl (C=O) groups is 1. The van der Waals surface area contributed by atoms with Crippen molar-refractivity contribution in [3.05, 3.63) is 89.5 Å². The van der Waals surface area contributed by atoms with Gasteiger partial charge in [-0.25, -0.2) is 0 Å². The van der Waals surface area contributed by atoms with E-state index in [1.54, 1.807) is 12.1 Å². The molecule has 0 fully saturated rings. The molecule has 0 saturated carbocycles. The average Bonchev–Trinajstić information content (AvgIpc) is 2.82. The molecule has 0 aliphatic carbocycles. The summed E-state index contributed by atoms with van der Waals surface area (Å²) in [6, 6.07) is 22.4. The lowest BCUT2D eigenvalue weighted by atomic mass is 10.1. The molecular formula is C25H29N3O4. The number of benzene rings is 3. The SMILES string of the molecule is O=CNc1cc([C@@H](O)CNCCc2ccc(N(O)CCc3ccccc3)cc2)ccc1O. The smallest absolute Gasteiger partial charge is 0.211 e. The van der Waals surface area contributed by atoms with Crippen molar-refractivity contribution in [1.29, 1.82) is 0 Å². The second kappa shape index (κ2) is 11.9. The summed E-state index contributed by atoms with van der Waals surface area (Å²) in [5.74, 6) is -0.0500. The van der Waals surface area contributed by atoms with Crippen LogP contribution in [0.4, 0.5) is 11.4 Å². The Bertz CT molecular complexity index is 980. The maximum Gasteiger partial charge on any atom is 0.211 e. The molecule has 7 nitrogen and oxygen atoms in total. The number of nitrogens with one attached hydrogen (secondary N) is 2. The number of amides is 1. The van der Waals surface area contributed by atoms with E-state index < -0.39 is 6.10 Å². The molecule has 3 rings (SSSR count). The summed E-state index contributed by atoms with van der Waals surface area (Å²) in [5.41, 5.74) is 3.91. The van der Waals surface area contributed by atoms with Crippen molar-refractivity contribution in [1.82, 2.24) is 5.32 Å². The molecule has 0 aromatic heterocycles. The molecule has 0 aliphatic heterocycles. The van der Waals surface area contributed by atoms with Gasteiger partial charge in [0.1, 0.15) is 5.75 Å². The van der Waals surface area contributed by atoms with Crippen molar-refractivity contribution < 1.29 is 20.2 Å². The van der Waals surface area contributed by atoms with E-state index in [4.69, 9.17) is 0 Å². The molecule has 5 N–H and O–H groups in total. The number of anilines is 2. The van der Waals surface area contributed by atoms with E-state index >= 15 is 0 Å². The van der Waals surface area contributed by atoms with E-state index in [0.717, 1.165) is 24.1 Å². The lowest BCUT2D eigenvalue weighted by Crippen LogP contribution is -2.24. The largest absolute Gasteiger partial charge is 0.506 e. The number of nitrogens with zero attached hydrogens (tertiary/aromatic N) is 1. The first-order chi connectivity index (χ1) is 15.6. The number of aromatic hydroxyl groups is 1. The third kappa shape index (κ3) is 6.81. The molecule has 0 unspecified atom stereocenters. The molecule has 7 heteroatoms. The predicted molar refractivity (Wildman–Crippen MR) is 125 cm³/mol. The Morgan fingerprint density at radius 1 is 0.938 bits per heavy atom. The van der Waals surface area contributed by atoms with Gasteiger partial charge in [-0.05, 0) is 60.3 Å². The first kappa shape index (κ1) is 23.3. The minimum absolute atomic E-state index is 0.0500. The number of rotatable bonds is 12. The fourth-order valence-corrected chi connectivity index (χ4v) is 3.37. The molecule has 0 heterocycles. The molecule has 3 aromatic rings. The number of aliphatic hydroxyl groups is 1. The van der Waals surface area contributed by atoms with Gasteiger partial charge in [-0.15, -0.1) is 0 Å². The van der Waals surface area contributed by atoms with Crippen molar-refractivity contribution in [2.45, 2.75) is 18.9 Å². The maximum atomic E-state index is 10.6. The minimum atomic E-state index is -0.766. The summed E-state index contributed by atoms with van der Waals surface area (Å²) in [7, 11) is 0. The van der Waals surface area contributed by atoms with Gasteiger partial charge in [-0.1, -0.05) is 48.5 Å². The van der Waals surface area contributed by atoms with Gasteiger partial charge in [0.2, 0.25) is 6.41 Å². The van der Waals surface area contributed by atoms with Crippen LogP contribution in [0.15, 0.2) is 72.8 Å². The summed E-state index contributed by atoms with van der Waals surface area (Å²) >= 11 is 0. The number of hydroxylamine groups is 1. The first-order valence-electron chi connectivity index (χ1n) is 10.6. The number of aliphatic hydroxyl groups excluding tert-OH is 1. The van der Waals surface area contributed by atoms with Crippen LogP contribution in [-0.4, -0.2) is 41.5 Å². The van der Waals surface area contributed by atoms with Crippen LogP contribution in [0.25, 0.3) is 0 Å². The van der Waals surface area contributed by atoms with Crippen molar-refractivity contribution in [3.8, 4) is 5.75 Å². The molecule has 0 bridgehead atoms. The molecule has 168 valence electrons. The van der Waals surface area contributed by atoms with E-state index in [1.807, 2.05) is 54.6 Å². The van der Waals surface area contributed by atoms with Crippen LogP contribution in [0.2, 0.25) is 0 Å². The lowest BCUT2D eigenvalue weighted by molar-refractivity contribution is -0.105. The van der Waals surface area contributed by atoms with Crippen LogP contribution in [0.5, 0.6) is 5.75 Å². The van der Waals surface area contributed by atoms with Gasteiger partial charge in [0, 0.05) is 13.1 Å². The third-order valence-corrected chi connectivity index (χ3v) is 5.24. The highest BCUT2D eigenvalue weighted by atomic mass is 16.5. The Hall–Kier alpha value is -3.39. The minimum Gasteiger partial charge on any atom is -0.506 e. The molecule has 32 heavy (non-hydrogen) atoms. The second-order valence-corrected chi connectivity index (χ2v) is 7.53. The summed E-state index contributed by atoms with van der Waals surface area (Å²) in [6.45, 7) is 1.53. The Morgan fingerprint density at radius 3 is 2.38 bits per heavy atom. The number of carbonyl (C=O) groups excluding carboxylic acids is 1. The zero-order chi connectivity index (χ0) is 22.8. The van der Waals surface area contributed by atoms with Crippen LogP contribution in [0, 0.1) is 0 Å². The standard InChI is InChI=1S/C25H29N3O4/c29-18-27-23-16-21(8-11-24(23)30)25(31)17-26-14-12-20-6-9-22(10-7-20)28(32)15-13-19-4-2-1-3-5-19/h1-11,16,18,25-26,30-32H,12-15,17H2,(H,27,29)/t25-/m0/s1. The quantitative estimate of drug-likeness (QED) is 0.129. The first-order valence-corrected chi connectivity index (χ1v) is 10.6. The van der Waals surface area contributed by atoms with Gasteiger partial charge < -0.3 is 20.8 Å². The maximum absolute atomic E-state index is 10.6. The summed E-state index contributed by atoms with van der Waals surface area (Å²) in [4.78, 5) is 10.6. The van der Waals surface area contributed by atoms with Gasteiger partial charge in [0.25, 0.3) is 0 Å². The zero-order valence-corrected chi connectivity index (χ0v) is 17.8. The Balaban J connectivity index is 1.41. The van der Waals surface area contributed by atoms with Crippen LogP contribution in [0.3, 0.4) is 0 Å². The Labute approximate surface area is 187 Å². The third-order valence-electron chi connectivity index (χ3n) is 5.24. The molecule has 1 amide bonds. The number of phenolic OH excluding ortho intramolecular Hbond substituents is 1. The van der Waals surface area contributed by atoms with Gasteiger partial charge in [-0.2, -0.15) is 0 Å². The summed E-state index contributed by atoms with van der Waals surface area (Å²) < 4.78 is 0. The van der Waals surface area contributed by atoms with E-state index in [0.29, 0.717) is 31.6 Å². The van der Waals surface area contributed by atoms with Crippen LogP contribution in [0.1, 0.15) is 22.8 Å². The number of hydrogen-bond acceptors (Lipinski definition) is 6. The Kier molecular flexibility index (Phi) is 8.62. The van der Waals surface area contributed by atoms with Gasteiger partial charge >= 0.3 is 0 Å². The molecule has 0 radical (unpaired) electrons. The second-order valence-electron chi connectivity index (χ2n) is 7.53. The molecule has 3 aromatic carbocycles. The molecule has 0 spiro atoms. The van der Waals surface area contributed by atoms with Crippen LogP contribution >= 0.6 is 0 Å². The van der Waals surface area contributed by atoms with Gasteiger partial charge in [-0.3, -0.25) is 15.1 Å². The highest BCUT2D eigenvalue weighted by Crippen LogP contribution is 2.26. The van der Waals surface area contributed by atoms with E-state index in [-0.39, 0.29) is 11.4 Å². The zero-order valence-electron chi connectivity index (χ0n) is 17.8. The molecule has 0 aliphatic rings. The highest BCUT2D eigenvalue weighted by molar-refractivity contribution is 5.75. The van der Waals surface area contributed by atoms with E-state index in [2.05, 4.69) is 10.6 Å². The predicted octanol–water partition coefficient (Wildman–Crippen LogP) is 3.26. The van der Waals surface area contributed by atoms with Crippen LogP contribution < -0.4 is 15.7 Å². The summed E-state index contributed by atoms with van der Waals surface area (Å²) in [6.07, 6.45) is 1.25. The van der Waals surface area contributed by atoms with Crippen molar-refractivity contribution in [2.24, 2.45) is 0 Å². The fourth-order valence-electron chi connectivity index (χ4n) is 3.37. The number of hydrogen-bond donors (Lipinski definition) is 5. The Morgan fingerprint density at radius 2 is 1.66 bits per heavy atom. The van der Waals surface area contributed by atoms with E-state index in [9.17, 15) is 20.2 Å². The summed E-state index contributed by atoms with van der Waals surface area (Å²) in [5, 5.41) is 37.2. The fraction of sp³-hybridized carbons (Fsp3) is 0.240.